The lowest BCUT2D eigenvalue weighted by atomic mass is 10.0. The van der Waals surface area contributed by atoms with E-state index in [0.717, 1.165) is 11.4 Å². The molecule has 15 heavy (non-hydrogen) atoms. The normalized spacial score (nSPS) is 14.9. The van der Waals surface area contributed by atoms with E-state index in [1.165, 1.54) is 11.3 Å². The lowest BCUT2D eigenvalue weighted by Crippen LogP contribution is -2.25. The van der Waals surface area contributed by atoms with Gasteiger partial charge in [0.05, 0.1) is 0 Å². The van der Waals surface area contributed by atoms with E-state index in [1.54, 1.807) is 5.38 Å². The van der Waals surface area contributed by atoms with Gasteiger partial charge in [0.1, 0.15) is 10.6 Å². The third kappa shape index (κ3) is 2.54. The summed E-state index contributed by atoms with van der Waals surface area (Å²) in [7, 11) is 0. The molecule has 1 atom stereocenters. The van der Waals surface area contributed by atoms with Crippen LogP contribution in [0.25, 0.3) is 0 Å². The minimum Gasteiger partial charge on any atom is -0.476 e. The fraction of sp³-hybridized carbons (Fsp3) is 0.600. The van der Waals surface area contributed by atoms with Crippen LogP contribution in [-0.2, 0) is 10.3 Å². The Morgan fingerprint density at radius 1 is 1.67 bits per heavy atom. The largest absolute Gasteiger partial charge is 0.476 e. The second kappa shape index (κ2) is 4.72. The Bertz CT molecular complexity index is 350. The van der Waals surface area contributed by atoms with Gasteiger partial charge >= 0.3 is 5.97 Å². The quantitative estimate of drug-likeness (QED) is 0.842. The summed E-state index contributed by atoms with van der Waals surface area (Å²) in [6, 6.07) is 0. The average molecular weight is 229 g/mol. The molecule has 5 heteroatoms. The van der Waals surface area contributed by atoms with Crippen molar-refractivity contribution in [2.45, 2.75) is 32.8 Å². The van der Waals surface area contributed by atoms with E-state index in [4.69, 9.17) is 9.84 Å². The number of hydrogen-bond donors (Lipinski definition) is 1. The number of carbonyl (C=O) groups is 1. The van der Waals surface area contributed by atoms with Crippen molar-refractivity contribution in [3.63, 3.8) is 0 Å². The summed E-state index contributed by atoms with van der Waals surface area (Å²) >= 11 is 1.33. The predicted molar refractivity (Wildman–Crippen MR) is 58.3 cm³/mol. The van der Waals surface area contributed by atoms with Crippen LogP contribution in [0.2, 0.25) is 0 Å². The molecule has 4 nitrogen and oxygen atoms in total. The van der Waals surface area contributed by atoms with Crippen LogP contribution in [-0.4, -0.2) is 22.7 Å². The van der Waals surface area contributed by atoms with Gasteiger partial charge in [-0.1, -0.05) is 6.92 Å². The first-order chi connectivity index (χ1) is 7.03. The fourth-order valence-electron chi connectivity index (χ4n) is 1.25. The predicted octanol–water partition coefficient (Wildman–Crippen LogP) is 2.50. The summed E-state index contributed by atoms with van der Waals surface area (Å²) < 4.78 is 5.61. The molecule has 1 heterocycles. The highest BCUT2D eigenvalue weighted by molar-refractivity contribution is 7.10. The molecule has 0 radical (unpaired) electrons. The highest BCUT2D eigenvalue weighted by atomic mass is 32.1. The van der Waals surface area contributed by atoms with E-state index in [2.05, 4.69) is 4.98 Å². The van der Waals surface area contributed by atoms with Crippen molar-refractivity contribution >= 4 is 17.3 Å². The molecule has 1 aromatic heterocycles. The van der Waals surface area contributed by atoms with Crippen LogP contribution >= 0.6 is 11.3 Å². The first-order valence-electron chi connectivity index (χ1n) is 4.86. The van der Waals surface area contributed by atoms with Gasteiger partial charge in [0.25, 0.3) is 0 Å². The van der Waals surface area contributed by atoms with Crippen LogP contribution in [0.1, 0.15) is 42.7 Å². The maximum Gasteiger partial charge on any atom is 0.355 e. The molecule has 0 aliphatic carbocycles. The van der Waals surface area contributed by atoms with Crippen LogP contribution in [0.15, 0.2) is 5.38 Å². The highest BCUT2D eigenvalue weighted by Gasteiger charge is 2.29. The van der Waals surface area contributed by atoms with Crippen LogP contribution in [0.3, 0.4) is 0 Å². The van der Waals surface area contributed by atoms with E-state index in [0.29, 0.717) is 6.61 Å². The number of nitrogens with zero attached hydrogens (tertiary/aromatic N) is 1. The molecule has 0 aliphatic rings. The second-order valence-electron chi connectivity index (χ2n) is 3.36. The molecule has 1 aromatic rings. The molecular formula is C10H15NO3S. The summed E-state index contributed by atoms with van der Waals surface area (Å²) in [6.45, 7) is 6.43. The number of thiazole rings is 1. The third-order valence-electron chi connectivity index (χ3n) is 2.31. The Balaban J connectivity index is 2.97. The van der Waals surface area contributed by atoms with E-state index in [9.17, 15) is 4.79 Å². The van der Waals surface area contributed by atoms with Gasteiger partial charge in [-0.25, -0.2) is 9.78 Å². The van der Waals surface area contributed by atoms with Crippen LogP contribution in [0, 0.1) is 0 Å². The SMILES string of the molecule is CCOC(C)(CC)c1nc(C(=O)O)cs1. The zero-order valence-corrected chi connectivity index (χ0v) is 9.93. The summed E-state index contributed by atoms with van der Waals surface area (Å²) in [6.07, 6.45) is 0.771. The first-order valence-corrected chi connectivity index (χ1v) is 5.74. The van der Waals surface area contributed by atoms with Gasteiger partial charge in [0.2, 0.25) is 0 Å². The Labute approximate surface area is 92.9 Å². The summed E-state index contributed by atoms with van der Waals surface area (Å²) in [4.78, 5) is 14.8. The number of aromatic nitrogens is 1. The maximum absolute atomic E-state index is 10.7. The smallest absolute Gasteiger partial charge is 0.355 e. The Morgan fingerprint density at radius 3 is 2.73 bits per heavy atom. The van der Waals surface area contributed by atoms with Crippen molar-refractivity contribution in [2.24, 2.45) is 0 Å². The zero-order valence-electron chi connectivity index (χ0n) is 9.11. The summed E-state index contributed by atoms with van der Waals surface area (Å²) in [5.41, 5.74) is -0.373. The van der Waals surface area contributed by atoms with Gasteiger partial charge in [-0.2, -0.15) is 0 Å². The molecule has 0 bridgehead atoms. The maximum atomic E-state index is 10.7. The highest BCUT2D eigenvalue weighted by Crippen LogP contribution is 2.31. The Kier molecular flexibility index (Phi) is 3.82. The van der Waals surface area contributed by atoms with Crippen molar-refractivity contribution in [1.82, 2.24) is 4.98 Å². The molecule has 0 spiro atoms. The van der Waals surface area contributed by atoms with Gasteiger partial charge in [-0.3, -0.25) is 0 Å². The van der Waals surface area contributed by atoms with Crippen LogP contribution < -0.4 is 0 Å². The number of ether oxygens (including phenoxy) is 1. The molecule has 0 saturated heterocycles. The van der Waals surface area contributed by atoms with Gasteiger partial charge in [-0.15, -0.1) is 11.3 Å². The van der Waals surface area contributed by atoms with Crippen LogP contribution in [0.5, 0.6) is 0 Å². The molecule has 0 fully saturated rings. The van der Waals surface area contributed by atoms with Crippen molar-refractivity contribution in [3.8, 4) is 0 Å². The topological polar surface area (TPSA) is 59.4 Å². The fourth-order valence-corrected chi connectivity index (χ4v) is 2.23. The second-order valence-corrected chi connectivity index (χ2v) is 4.22. The van der Waals surface area contributed by atoms with Gasteiger partial charge in [0.15, 0.2) is 5.69 Å². The van der Waals surface area contributed by atoms with Gasteiger partial charge in [0, 0.05) is 12.0 Å². The molecule has 0 aromatic carbocycles. The van der Waals surface area contributed by atoms with Gasteiger partial charge < -0.3 is 9.84 Å². The molecule has 1 unspecified atom stereocenters. The minimum absolute atomic E-state index is 0.0920. The molecule has 1 N–H and O–H groups in total. The number of aromatic carboxylic acids is 1. The minimum atomic E-state index is -0.993. The molecule has 84 valence electrons. The van der Waals surface area contributed by atoms with Crippen molar-refractivity contribution in [3.05, 3.63) is 16.1 Å². The summed E-state index contributed by atoms with van der Waals surface area (Å²) in [5, 5.41) is 11.0. The van der Waals surface area contributed by atoms with Crippen LogP contribution in [0.4, 0.5) is 0 Å². The average Bonchev–Trinajstić information content (AvgIpc) is 2.67. The molecule has 1 rings (SSSR count). The number of hydrogen-bond acceptors (Lipinski definition) is 4. The Morgan fingerprint density at radius 2 is 2.33 bits per heavy atom. The van der Waals surface area contributed by atoms with Crippen molar-refractivity contribution < 1.29 is 14.6 Å². The Hall–Kier alpha value is -0.940. The van der Waals surface area contributed by atoms with Crippen molar-refractivity contribution in [2.75, 3.05) is 6.61 Å². The lowest BCUT2D eigenvalue weighted by molar-refractivity contribution is -0.0325. The van der Waals surface area contributed by atoms with E-state index < -0.39 is 11.6 Å². The van der Waals surface area contributed by atoms with Gasteiger partial charge in [-0.05, 0) is 20.3 Å². The molecule has 0 saturated carbocycles. The third-order valence-corrected chi connectivity index (χ3v) is 3.40. The number of carboxylic acids is 1. The standard InChI is InChI=1S/C10H15NO3S/c1-4-10(3,14-5-2)9-11-7(6-15-9)8(12)13/h6H,4-5H2,1-3H3,(H,12,13). The monoisotopic (exact) mass is 229 g/mol. The van der Waals surface area contributed by atoms with E-state index in [-0.39, 0.29) is 5.69 Å². The van der Waals surface area contributed by atoms with E-state index in [1.807, 2.05) is 20.8 Å². The lowest BCUT2D eigenvalue weighted by Gasteiger charge is -2.25. The number of carboxylic acid groups (broad SMARTS) is 1. The van der Waals surface area contributed by atoms with E-state index >= 15 is 0 Å². The van der Waals surface area contributed by atoms with Crippen molar-refractivity contribution in [1.29, 1.82) is 0 Å². The molecular weight excluding hydrogens is 214 g/mol. The number of rotatable bonds is 5. The molecule has 0 amide bonds. The summed E-state index contributed by atoms with van der Waals surface area (Å²) in [5.74, 6) is -0.993. The molecule has 0 aliphatic heterocycles. The zero-order chi connectivity index (χ0) is 11.5. The first kappa shape index (κ1) is 12.1.